The van der Waals surface area contributed by atoms with Gasteiger partial charge in [-0.25, -0.2) is 8.78 Å². The molecule has 0 radical (unpaired) electrons. The second-order valence-corrected chi connectivity index (χ2v) is 4.21. The molecule has 1 aromatic rings. The number of hydrogen-bond acceptors (Lipinski definition) is 2. The Morgan fingerprint density at radius 3 is 2.59 bits per heavy atom. The van der Waals surface area contributed by atoms with Gasteiger partial charge in [-0.2, -0.15) is 0 Å². The number of piperazine rings is 1. The van der Waals surface area contributed by atoms with E-state index >= 15 is 0 Å². The number of benzene rings is 1. The fourth-order valence-electron chi connectivity index (χ4n) is 1.99. The molecule has 1 fully saturated rings. The van der Waals surface area contributed by atoms with Crippen LogP contribution >= 0.6 is 0 Å². The van der Waals surface area contributed by atoms with Gasteiger partial charge in [0.2, 0.25) is 0 Å². The van der Waals surface area contributed by atoms with Gasteiger partial charge >= 0.3 is 0 Å². The molecular weight excluding hydrogens is 226 g/mol. The average molecular weight is 240 g/mol. The van der Waals surface area contributed by atoms with Crippen molar-refractivity contribution < 1.29 is 13.6 Å². The predicted molar refractivity (Wildman–Crippen MR) is 59.7 cm³/mol. The molecule has 0 unspecified atom stereocenters. The Morgan fingerprint density at radius 1 is 1.35 bits per heavy atom. The van der Waals surface area contributed by atoms with Crippen LogP contribution in [0.4, 0.5) is 8.78 Å². The number of amides is 1. The Morgan fingerprint density at radius 2 is 2.00 bits per heavy atom. The first-order valence-corrected chi connectivity index (χ1v) is 5.55. The molecule has 0 aliphatic carbocycles. The molecule has 1 aliphatic rings. The third-order valence-corrected chi connectivity index (χ3v) is 2.87. The number of nitrogens with one attached hydrogen (secondary N) is 1. The van der Waals surface area contributed by atoms with Crippen LogP contribution in [0.5, 0.6) is 0 Å². The topological polar surface area (TPSA) is 32.3 Å². The number of nitrogens with zero attached hydrogens (tertiary/aromatic N) is 1. The van der Waals surface area contributed by atoms with Crippen LogP contribution in [0.1, 0.15) is 17.3 Å². The summed E-state index contributed by atoms with van der Waals surface area (Å²) < 4.78 is 26.1. The van der Waals surface area contributed by atoms with Gasteiger partial charge in [-0.3, -0.25) is 4.79 Å². The van der Waals surface area contributed by atoms with E-state index in [1.54, 1.807) is 4.90 Å². The van der Waals surface area contributed by atoms with Crippen LogP contribution in [-0.2, 0) is 0 Å². The highest BCUT2D eigenvalue weighted by atomic mass is 19.1. The van der Waals surface area contributed by atoms with Gasteiger partial charge in [-0.05, 0) is 19.1 Å². The maximum absolute atomic E-state index is 13.0. The second-order valence-electron chi connectivity index (χ2n) is 4.21. The van der Waals surface area contributed by atoms with Crippen molar-refractivity contribution in [3.05, 3.63) is 35.4 Å². The first kappa shape index (κ1) is 12.0. The minimum Gasteiger partial charge on any atom is -0.333 e. The van der Waals surface area contributed by atoms with Crippen LogP contribution in [0.25, 0.3) is 0 Å². The molecule has 0 saturated carbocycles. The van der Waals surface area contributed by atoms with Crippen molar-refractivity contribution in [2.75, 3.05) is 19.6 Å². The lowest BCUT2D eigenvalue weighted by Crippen LogP contribution is -2.52. The van der Waals surface area contributed by atoms with Crippen molar-refractivity contribution in [1.29, 1.82) is 0 Å². The van der Waals surface area contributed by atoms with E-state index in [1.807, 2.05) is 6.92 Å². The van der Waals surface area contributed by atoms with E-state index < -0.39 is 11.6 Å². The summed E-state index contributed by atoms with van der Waals surface area (Å²) in [7, 11) is 0. The van der Waals surface area contributed by atoms with Crippen LogP contribution in [0, 0.1) is 11.6 Å². The lowest BCUT2D eigenvalue weighted by atomic mass is 10.1. The van der Waals surface area contributed by atoms with Gasteiger partial charge in [0, 0.05) is 37.3 Å². The molecular formula is C12H14F2N2O. The molecule has 0 aromatic heterocycles. The Labute approximate surface area is 98.4 Å². The normalized spacial score (nSPS) is 20.4. The van der Waals surface area contributed by atoms with E-state index in [2.05, 4.69) is 5.32 Å². The van der Waals surface area contributed by atoms with Gasteiger partial charge in [0.05, 0.1) is 0 Å². The van der Waals surface area contributed by atoms with Crippen molar-refractivity contribution in [3.63, 3.8) is 0 Å². The molecule has 2 rings (SSSR count). The smallest absolute Gasteiger partial charge is 0.254 e. The monoisotopic (exact) mass is 240 g/mol. The average Bonchev–Trinajstić information content (AvgIpc) is 2.27. The van der Waals surface area contributed by atoms with Crippen molar-refractivity contribution >= 4 is 5.91 Å². The van der Waals surface area contributed by atoms with E-state index in [4.69, 9.17) is 0 Å². The van der Waals surface area contributed by atoms with Crippen molar-refractivity contribution in [2.24, 2.45) is 0 Å². The minimum atomic E-state index is -0.726. The summed E-state index contributed by atoms with van der Waals surface area (Å²) in [5, 5.41) is 3.15. The molecule has 1 aliphatic heterocycles. The molecule has 1 amide bonds. The first-order valence-electron chi connectivity index (χ1n) is 5.55. The Balaban J connectivity index is 2.23. The highest BCUT2D eigenvalue weighted by Crippen LogP contribution is 2.13. The Hall–Kier alpha value is -1.49. The molecule has 0 bridgehead atoms. The fraction of sp³-hybridized carbons (Fsp3) is 0.417. The maximum Gasteiger partial charge on any atom is 0.254 e. The molecule has 3 nitrogen and oxygen atoms in total. The second kappa shape index (κ2) is 4.79. The molecule has 1 heterocycles. The fourth-order valence-corrected chi connectivity index (χ4v) is 1.99. The van der Waals surface area contributed by atoms with Crippen LogP contribution in [-0.4, -0.2) is 36.5 Å². The van der Waals surface area contributed by atoms with Crippen LogP contribution in [0.15, 0.2) is 18.2 Å². The van der Waals surface area contributed by atoms with Crippen LogP contribution in [0.3, 0.4) is 0 Å². The highest BCUT2D eigenvalue weighted by Gasteiger charge is 2.24. The third-order valence-electron chi connectivity index (χ3n) is 2.87. The zero-order chi connectivity index (χ0) is 12.4. The quantitative estimate of drug-likeness (QED) is 0.804. The molecule has 1 atom stereocenters. The zero-order valence-corrected chi connectivity index (χ0v) is 9.54. The molecule has 0 spiro atoms. The van der Waals surface area contributed by atoms with E-state index in [-0.39, 0.29) is 17.5 Å². The molecule has 1 saturated heterocycles. The summed E-state index contributed by atoms with van der Waals surface area (Å²) in [6.07, 6.45) is 0. The number of carbonyl (C=O) groups is 1. The summed E-state index contributed by atoms with van der Waals surface area (Å²) in [5.41, 5.74) is 0.0660. The van der Waals surface area contributed by atoms with Crippen molar-refractivity contribution in [2.45, 2.75) is 13.0 Å². The summed E-state index contributed by atoms with van der Waals surface area (Å²) >= 11 is 0. The number of halogens is 2. The molecule has 17 heavy (non-hydrogen) atoms. The van der Waals surface area contributed by atoms with Crippen LogP contribution in [0.2, 0.25) is 0 Å². The van der Waals surface area contributed by atoms with E-state index in [0.717, 1.165) is 18.2 Å². The summed E-state index contributed by atoms with van der Waals surface area (Å²) in [6, 6.07) is 2.93. The number of rotatable bonds is 1. The Bertz CT molecular complexity index is 416. The Kier molecular flexibility index (Phi) is 3.38. The van der Waals surface area contributed by atoms with Crippen LogP contribution < -0.4 is 5.32 Å². The third kappa shape index (κ3) is 2.61. The predicted octanol–water partition coefficient (Wildman–Crippen LogP) is 1.40. The highest BCUT2D eigenvalue weighted by molar-refractivity contribution is 5.94. The molecule has 1 aromatic carbocycles. The number of carbonyl (C=O) groups excluding carboxylic acids is 1. The standard InChI is InChI=1S/C12H14F2N2O/c1-8-7-15-2-3-16(8)12(17)9-4-10(13)6-11(14)5-9/h4-6,8,15H,2-3,7H2,1H3/t8-/m0/s1. The van der Waals surface area contributed by atoms with E-state index in [0.29, 0.717) is 19.6 Å². The minimum absolute atomic E-state index is 0.0302. The van der Waals surface area contributed by atoms with E-state index in [1.165, 1.54) is 0 Å². The van der Waals surface area contributed by atoms with E-state index in [9.17, 15) is 13.6 Å². The van der Waals surface area contributed by atoms with Gasteiger partial charge in [0.1, 0.15) is 11.6 Å². The first-order chi connectivity index (χ1) is 8.08. The van der Waals surface area contributed by atoms with Crippen molar-refractivity contribution in [1.82, 2.24) is 10.2 Å². The van der Waals surface area contributed by atoms with Crippen molar-refractivity contribution in [3.8, 4) is 0 Å². The molecule has 5 heteroatoms. The van der Waals surface area contributed by atoms with Gasteiger partial charge in [-0.15, -0.1) is 0 Å². The van der Waals surface area contributed by atoms with Gasteiger partial charge < -0.3 is 10.2 Å². The van der Waals surface area contributed by atoms with Gasteiger partial charge in [0.15, 0.2) is 0 Å². The number of hydrogen-bond donors (Lipinski definition) is 1. The van der Waals surface area contributed by atoms with Gasteiger partial charge in [0.25, 0.3) is 5.91 Å². The molecule has 1 N–H and O–H groups in total. The van der Waals surface area contributed by atoms with Gasteiger partial charge in [-0.1, -0.05) is 0 Å². The largest absolute Gasteiger partial charge is 0.333 e. The lowest BCUT2D eigenvalue weighted by Gasteiger charge is -2.34. The summed E-state index contributed by atoms with van der Waals surface area (Å²) in [6.45, 7) is 3.86. The zero-order valence-electron chi connectivity index (χ0n) is 9.54. The lowest BCUT2D eigenvalue weighted by molar-refractivity contribution is 0.0654. The molecule has 92 valence electrons. The SMILES string of the molecule is C[C@H]1CNCCN1C(=O)c1cc(F)cc(F)c1. The summed E-state index contributed by atoms with van der Waals surface area (Å²) in [4.78, 5) is 13.7. The maximum atomic E-state index is 13.0. The summed E-state index contributed by atoms with van der Waals surface area (Å²) in [5.74, 6) is -1.77.